The number of rotatable bonds is 5. The summed E-state index contributed by atoms with van der Waals surface area (Å²) in [5, 5.41) is 8.98. The smallest absolute Gasteiger partial charge is 0.307 e. The zero-order valence-corrected chi connectivity index (χ0v) is 13.9. The normalized spacial score (nSPS) is 11.4. The molecular formula is C17H17NO2S2. The lowest BCUT2D eigenvalue weighted by molar-refractivity contribution is -0.136. The van der Waals surface area contributed by atoms with Crippen LogP contribution < -0.4 is 0 Å². The van der Waals surface area contributed by atoms with Gasteiger partial charge in [-0.25, -0.2) is 4.99 Å². The fourth-order valence-electron chi connectivity index (χ4n) is 1.92. The van der Waals surface area contributed by atoms with Gasteiger partial charge in [-0.3, -0.25) is 4.79 Å². The van der Waals surface area contributed by atoms with Crippen molar-refractivity contribution in [3.05, 3.63) is 65.7 Å². The number of carboxylic acids is 1. The summed E-state index contributed by atoms with van der Waals surface area (Å²) in [5.74, 6) is -0.0869. The Bertz CT molecular complexity index is 657. The average Bonchev–Trinajstić information content (AvgIpc) is 2.53. The van der Waals surface area contributed by atoms with E-state index in [0.29, 0.717) is 0 Å². The molecule has 0 fully saturated rings. The summed E-state index contributed by atoms with van der Waals surface area (Å²) < 4.78 is 0.969. The van der Waals surface area contributed by atoms with Crippen molar-refractivity contribution in [1.82, 2.24) is 0 Å². The molecule has 114 valence electrons. The first kappa shape index (κ1) is 16.6. The van der Waals surface area contributed by atoms with Crippen LogP contribution in [0, 0.1) is 0 Å². The molecule has 0 saturated heterocycles. The number of aliphatic imine (C=N–C) groups is 1. The van der Waals surface area contributed by atoms with Gasteiger partial charge < -0.3 is 5.11 Å². The second-order valence-corrected chi connectivity index (χ2v) is 6.56. The van der Waals surface area contributed by atoms with E-state index in [1.54, 1.807) is 23.5 Å². The highest BCUT2D eigenvalue weighted by Gasteiger charge is 2.08. The molecule has 0 aliphatic rings. The Labute approximate surface area is 138 Å². The number of benzene rings is 2. The van der Waals surface area contributed by atoms with Crippen molar-refractivity contribution in [2.45, 2.75) is 12.2 Å². The maximum absolute atomic E-state index is 10.9. The minimum Gasteiger partial charge on any atom is -0.481 e. The number of carboxylic acid groups (broad SMARTS) is 1. The Balaban J connectivity index is 2.08. The van der Waals surface area contributed by atoms with E-state index >= 15 is 0 Å². The maximum Gasteiger partial charge on any atom is 0.307 e. The molecule has 0 amide bonds. The molecule has 0 radical (unpaired) electrons. The lowest BCUT2D eigenvalue weighted by Gasteiger charge is -2.08. The van der Waals surface area contributed by atoms with Gasteiger partial charge in [-0.15, -0.1) is 11.8 Å². The Hall–Kier alpha value is -1.72. The van der Waals surface area contributed by atoms with Crippen LogP contribution in [0.15, 0.2) is 59.6 Å². The summed E-state index contributed by atoms with van der Waals surface area (Å²) in [6, 6.07) is 17.5. The standard InChI is InChI=1S/C17H17NO2S2/c1-21-17(18-15-9-3-2-4-10-15)22-12-14-8-6-5-7-13(14)11-16(19)20/h2-10H,11-12H2,1H3,(H,19,20). The summed E-state index contributed by atoms with van der Waals surface area (Å²) in [4.78, 5) is 15.5. The largest absolute Gasteiger partial charge is 0.481 e. The minimum atomic E-state index is -0.805. The SMILES string of the molecule is CSC(=Nc1ccccc1)SCc1ccccc1CC(=O)O. The molecule has 0 spiro atoms. The lowest BCUT2D eigenvalue weighted by atomic mass is 10.1. The fourth-order valence-corrected chi connectivity index (χ4v) is 3.49. The summed E-state index contributed by atoms with van der Waals surface area (Å²) in [5.41, 5.74) is 2.84. The molecule has 0 atom stereocenters. The van der Waals surface area contributed by atoms with Gasteiger partial charge in [0.05, 0.1) is 12.1 Å². The van der Waals surface area contributed by atoms with E-state index in [9.17, 15) is 4.79 Å². The van der Waals surface area contributed by atoms with Crippen LogP contribution in [0.25, 0.3) is 0 Å². The fraction of sp³-hybridized carbons (Fsp3) is 0.176. The topological polar surface area (TPSA) is 49.7 Å². The Morgan fingerprint density at radius 3 is 2.32 bits per heavy atom. The van der Waals surface area contributed by atoms with E-state index < -0.39 is 5.97 Å². The molecule has 0 unspecified atom stereocenters. The molecule has 0 aliphatic carbocycles. The number of aliphatic carboxylic acids is 1. The van der Waals surface area contributed by atoms with Crippen LogP contribution in [0.3, 0.4) is 0 Å². The molecular weight excluding hydrogens is 314 g/mol. The zero-order valence-electron chi connectivity index (χ0n) is 12.2. The monoisotopic (exact) mass is 331 g/mol. The zero-order chi connectivity index (χ0) is 15.8. The lowest BCUT2D eigenvalue weighted by Crippen LogP contribution is -2.03. The van der Waals surface area contributed by atoms with E-state index in [4.69, 9.17) is 5.11 Å². The van der Waals surface area contributed by atoms with Crippen molar-refractivity contribution in [2.24, 2.45) is 4.99 Å². The van der Waals surface area contributed by atoms with Gasteiger partial charge in [-0.05, 0) is 29.5 Å². The maximum atomic E-state index is 10.9. The van der Waals surface area contributed by atoms with Crippen molar-refractivity contribution < 1.29 is 9.90 Å². The first-order chi connectivity index (χ1) is 10.7. The van der Waals surface area contributed by atoms with Crippen LogP contribution in [-0.4, -0.2) is 21.7 Å². The molecule has 1 N–H and O–H groups in total. The Kier molecular flexibility index (Phi) is 6.55. The minimum absolute atomic E-state index is 0.0567. The van der Waals surface area contributed by atoms with Crippen molar-refractivity contribution in [1.29, 1.82) is 0 Å². The summed E-state index contributed by atoms with van der Waals surface area (Å²) in [6.07, 6.45) is 2.05. The molecule has 0 saturated carbocycles. The van der Waals surface area contributed by atoms with Crippen molar-refractivity contribution in [3.63, 3.8) is 0 Å². The van der Waals surface area contributed by atoms with E-state index in [2.05, 4.69) is 4.99 Å². The highest BCUT2D eigenvalue weighted by atomic mass is 32.2. The second kappa shape index (κ2) is 8.66. The summed E-state index contributed by atoms with van der Waals surface area (Å²) in [7, 11) is 0. The Morgan fingerprint density at radius 2 is 1.68 bits per heavy atom. The van der Waals surface area contributed by atoms with Gasteiger partial charge in [-0.2, -0.15) is 0 Å². The van der Waals surface area contributed by atoms with Crippen molar-refractivity contribution >= 4 is 39.6 Å². The summed E-state index contributed by atoms with van der Waals surface area (Å²) in [6.45, 7) is 0. The number of thioether (sulfide) groups is 2. The number of nitrogens with zero attached hydrogens (tertiary/aromatic N) is 1. The van der Waals surface area contributed by atoms with Gasteiger partial charge in [0.1, 0.15) is 4.38 Å². The van der Waals surface area contributed by atoms with Crippen LogP contribution in [0.5, 0.6) is 0 Å². The average molecular weight is 331 g/mol. The van der Waals surface area contributed by atoms with Crippen molar-refractivity contribution in [3.8, 4) is 0 Å². The van der Waals surface area contributed by atoms with Crippen LogP contribution in [0.4, 0.5) is 5.69 Å². The first-order valence-corrected chi connectivity index (χ1v) is 8.99. The van der Waals surface area contributed by atoms with Crippen LogP contribution in [-0.2, 0) is 17.0 Å². The molecule has 2 aromatic rings. The molecule has 0 aliphatic heterocycles. The molecule has 5 heteroatoms. The van der Waals surface area contributed by atoms with E-state index in [0.717, 1.165) is 26.9 Å². The highest BCUT2D eigenvalue weighted by molar-refractivity contribution is 8.38. The molecule has 0 aromatic heterocycles. The first-order valence-electron chi connectivity index (χ1n) is 6.78. The third kappa shape index (κ3) is 5.24. The summed E-state index contributed by atoms with van der Waals surface area (Å²) >= 11 is 3.23. The highest BCUT2D eigenvalue weighted by Crippen LogP contribution is 2.25. The van der Waals surface area contributed by atoms with Crippen molar-refractivity contribution in [2.75, 3.05) is 6.26 Å². The van der Waals surface area contributed by atoms with E-state index in [1.165, 1.54) is 0 Å². The van der Waals surface area contributed by atoms with Gasteiger partial charge in [-0.1, -0.05) is 54.2 Å². The van der Waals surface area contributed by atoms with Gasteiger partial charge >= 0.3 is 5.97 Å². The molecule has 2 aromatic carbocycles. The number of hydrogen-bond donors (Lipinski definition) is 1. The quantitative estimate of drug-likeness (QED) is 0.643. The van der Waals surface area contributed by atoms with Gasteiger partial charge in [0.2, 0.25) is 0 Å². The second-order valence-electron chi connectivity index (χ2n) is 4.55. The number of para-hydroxylation sites is 1. The third-order valence-corrected chi connectivity index (χ3v) is 5.05. The van der Waals surface area contributed by atoms with Crippen LogP contribution in [0.1, 0.15) is 11.1 Å². The van der Waals surface area contributed by atoms with Gasteiger partial charge in [0, 0.05) is 5.75 Å². The van der Waals surface area contributed by atoms with Crippen LogP contribution in [0.2, 0.25) is 0 Å². The van der Waals surface area contributed by atoms with E-state index in [-0.39, 0.29) is 6.42 Å². The van der Waals surface area contributed by atoms with Gasteiger partial charge in [0.25, 0.3) is 0 Å². The predicted molar refractivity (Wildman–Crippen MR) is 96.1 cm³/mol. The molecule has 2 rings (SSSR count). The molecule has 3 nitrogen and oxygen atoms in total. The molecule has 22 heavy (non-hydrogen) atoms. The Morgan fingerprint density at radius 1 is 1.05 bits per heavy atom. The number of hydrogen-bond acceptors (Lipinski definition) is 4. The predicted octanol–water partition coefficient (Wildman–Crippen LogP) is 4.60. The van der Waals surface area contributed by atoms with Gasteiger partial charge in [0.15, 0.2) is 0 Å². The third-order valence-electron chi connectivity index (χ3n) is 2.96. The van der Waals surface area contributed by atoms with Crippen LogP contribution >= 0.6 is 23.5 Å². The van der Waals surface area contributed by atoms with E-state index in [1.807, 2.05) is 60.9 Å². The molecule has 0 heterocycles. The molecule has 0 bridgehead atoms. The number of carbonyl (C=O) groups is 1.